The van der Waals surface area contributed by atoms with Crippen molar-refractivity contribution in [3.05, 3.63) is 65.7 Å². The first-order valence-electron chi connectivity index (χ1n) is 7.03. The highest BCUT2D eigenvalue weighted by Crippen LogP contribution is 2.24. The molecule has 0 aliphatic rings. The fourth-order valence-electron chi connectivity index (χ4n) is 2.14. The Labute approximate surface area is 130 Å². The summed E-state index contributed by atoms with van der Waals surface area (Å²) in [5.41, 5.74) is 2.18. The summed E-state index contributed by atoms with van der Waals surface area (Å²) < 4.78 is 5.23. The van der Waals surface area contributed by atoms with Gasteiger partial charge in [-0.2, -0.15) is 0 Å². The van der Waals surface area contributed by atoms with Crippen molar-refractivity contribution in [2.24, 2.45) is 0 Å². The zero-order valence-electron chi connectivity index (χ0n) is 12.9. The van der Waals surface area contributed by atoms with Crippen molar-refractivity contribution in [3.8, 4) is 0 Å². The van der Waals surface area contributed by atoms with Gasteiger partial charge in [-0.05, 0) is 24.3 Å². The number of nitrogens with zero attached hydrogens (tertiary/aromatic N) is 1. The van der Waals surface area contributed by atoms with Crippen molar-refractivity contribution in [2.75, 3.05) is 19.0 Å². The highest BCUT2D eigenvalue weighted by atomic mass is 16.5. The fraction of sp³-hybridized carbons (Fsp3) is 0.222. The highest BCUT2D eigenvalue weighted by Gasteiger charge is 2.24. The lowest BCUT2D eigenvalue weighted by atomic mass is 9.99. The molecule has 2 rings (SSSR count). The van der Waals surface area contributed by atoms with Crippen LogP contribution in [0.2, 0.25) is 0 Å². The van der Waals surface area contributed by atoms with Gasteiger partial charge in [0.05, 0.1) is 0 Å². The van der Waals surface area contributed by atoms with E-state index in [1.807, 2.05) is 49.3 Å². The average Bonchev–Trinajstić information content (AvgIpc) is 2.52. The molecule has 0 heterocycles. The molecule has 0 saturated carbocycles. The molecule has 22 heavy (non-hydrogen) atoms. The van der Waals surface area contributed by atoms with E-state index < -0.39 is 12.1 Å². The molecule has 0 aromatic heterocycles. The predicted octanol–water partition coefficient (Wildman–Crippen LogP) is 3.24. The minimum atomic E-state index is -0.913. The summed E-state index contributed by atoms with van der Waals surface area (Å²) in [4.78, 5) is 26.0. The van der Waals surface area contributed by atoms with E-state index in [0.717, 1.165) is 5.69 Å². The number of hydrogen-bond donors (Lipinski definition) is 0. The maximum atomic E-state index is 12.7. The van der Waals surface area contributed by atoms with E-state index >= 15 is 0 Å². The molecule has 0 radical (unpaired) electrons. The third-order valence-electron chi connectivity index (χ3n) is 3.29. The van der Waals surface area contributed by atoms with Gasteiger partial charge in [-0.3, -0.25) is 9.59 Å². The molecular formula is C18H19NO3. The number of carbonyl (C=O) groups is 2. The van der Waals surface area contributed by atoms with E-state index in [0.29, 0.717) is 11.1 Å². The third-order valence-corrected chi connectivity index (χ3v) is 3.29. The smallest absolute Gasteiger partial charge is 0.303 e. The summed E-state index contributed by atoms with van der Waals surface area (Å²) in [5.74, 6) is -0.709. The third kappa shape index (κ3) is 3.73. The van der Waals surface area contributed by atoms with Crippen LogP contribution in [0.15, 0.2) is 54.6 Å². The second-order valence-corrected chi connectivity index (χ2v) is 5.21. The average molecular weight is 297 g/mol. The van der Waals surface area contributed by atoms with E-state index in [1.165, 1.54) is 6.92 Å². The number of ketones is 1. The van der Waals surface area contributed by atoms with Crippen LogP contribution in [0.4, 0.5) is 5.69 Å². The van der Waals surface area contributed by atoms with E-state index in [1.54, 1.807) is 24.3 Å². The minimum Gasteiger partial charge on any atom is -0.449 e. The number of ether oxygens (including phenoxy) is 1. The summed E-state index contributed by atoms with van der Waals surface area (Å²) >= 11 is 0. The van der Waals surface area contributed by atoms with Crippen molar-refractivity contribution in [2.45, 2.75) is 13.0 Å². The van der Waals surface area contributed by atoms with Gasteiger partial charge in [-0.1, -0.05) is 30.3 Å². The molecule has 0 unspecified atom stereocenters. The first-order chi connectivity index (χ1) is 10.5. The van der Waals surface area contributed by atoms with E-state index in [4.69, 9.17) is 4.74 Å². The molecule has 114 valence electrons. The summed E-state index contributed by atoms with van der Waals surface area (Å²) in [6.07, 6.45) is -0.913. The van der Waals surface area contributed by atoms with Gasteiger partial charge in [0.25, 0.3) is 0 Å². The van der Waals surface area contributed by atoms with Gasteiger partial charge in [-0.25, -0.2) is 0 Å². The lowest BCUT2D eigenvalue weighted by molar-refractivity contribution is -0.144. The van der Waals surface area contributed by atoms with E-state index in [-0.39, 0.29) is 5.78 Å². The fourth-order valence-corrected chi connectivity index (χ4v) is 2.14. The normalized spacial score (nSPS) is 11.6. The van der Waals surface area contributed by atoms with Gasteiger partial charge >= 0.3 is 5.97 Å². The first-order valence-corrected chi connectivity index (χ1v) is 7.03. The lowest BCUT2D eigenvalue weighted by Gasteiger charge is -2.17. The Balaban J connectivity index is 2.31. The van der Waals surface area contributed by atoms with Gasteiger partial charge in [0.1, 0.15) is 0 Å². The SMILES string of the molecule is CC(=O)O[C@H](C(=O)c1ccc(N(C)C)cc1)c1ccccc1. The zero-order chi connectivity index (χ0) is 16.1. The Bertz CT molecular complexity index is 648. The molecule has 0 amide bonds. The second-order valence-electron chi connectivity index (χ2n) is 5.21. The van der Waals surface area contributed by atoms with Crippen LogP contribution in [0.3, 0.4) is 0 Å². The van der Waals surface area contributed by atoms with Crippen molar-refractivity contribution < 1.29 is 14.3 Å². The standard InChI is InChI=1S/C18H19NO3/c1-13(20)22-18(15-7-5-4-6-8-15)17(21)14-9-11-16(12-10-14)19(2)3/h4-12,18H,1-3H3/t18-/m0/s1. The Morgan fingerprint density at radius 1 is 0.955 bits per heavy atom. The van der Waals surface area contributed by atoms with Crippen molar-refractivity contribution in [1.82, 2.24) is 0 Å². The molecule has 0 fully saturated rings. The molecule has 4 heteroatoms. The Morgan fingerprint density at radius 2 is 1.55 bits per heavy atom. The number of hydrogen-bond acceptors (Lipinski definition) is 4. The van der Waals surface area contributed by atoms with Gasteiger partial charge in [0.2, 0.25) is 5.78 Å². The Kier molecular flexibility index (Phi) is 4.94. The van der Waals surface area contributed by atoms with Crippen molar-refractivity contribution >= 4 is 17.4 Å². The summed E-state index contributed by atoms with van der Waals surface area (Å²) in [7, 11) is 3.87. The number of benzene rings is 2. The molecule has 0 aliphatic heterocycles. The second kappa shape index (κ2) is 6.89. The molecule has 0 aliphatic carbocycles. The van der Waals surface area contributed by atoms with Gasteiger partial charge in [0, 0.05) is 37.8 Å². The summed E-state index contributed by atoms with van der Waals surface area (Å²) in [5, 5.41) is 0. The molecule has 0 spiro atoms. The molecule has 1 atom stereocenters. The molecule has 2 aromatic carbocycles. The molecule has 0 N–H and O–H groups in total. The van der Waals surface area contributed by atoms with Crippen LogP contribution in [-0.4, -0.2) is 25.8 Å². The van der Waals surface area contributed by atoms with Crippen molar-refractivity contribution in [1.29, 1.82) is 0 Å². The van der Waals surface area contributed by atoms with Crippen LogP contribution in [0.5, 0.6) is 0 Å². The Morgan fingerprint density at radius 3 is 2.05 bits per heavy atom. The molecule has 0 saturated heterocycles. The first kappa shape index (κ1) is 15.8. The molecule has 4 nitrogen and oxygen atoms in total. The van der Waals surface area contributed by atoms with Crippen LogP contribution < -0.4 is 4.90 Å². The van der Waals surface area contributed by atoms with E-state index in [2.05, 4.69) is 0 Å². The van der Waals surface area contributed by atoms with Gasteiger partial charge < -0.3 is 9.64 Å². The van der Waals surface area contributed by atoms with Crippen LogP contribution in [0, 0.1) is 0 Å². The van der Waals surface area contributed by atoms with Gasteiger partial charge in [-0.15, -0.1) is 0 Å². The Hall–Kier alpha value is -2.62. The summed E-state index contributed by atoms with van der Waals surface area (Å²) in [6.45, 7) is 1.30. The topological polar surface area (TPSA) is 46.6 Å². The predicted molar refractivity (Wildman–Crippen MR) is 86.0 cm³/mol. The van der Waals surface area contributed by atoms with Crippen LogP contribution in [0.25, 0.3) is 0 Å². The number of rotatable bonds is 5. The number of esters is 1. The summed E-state index contributed by atoms with van der Waals surface area (Å²) in [6, 6.07) is 16.3. The van der Waals surface area contributed by atoms with E-state index in [9.17, 15) is 9.59 Å². The molecule has 0 bridgehead atoms. The zero-order valence-corrected chi connectivity index (χ0v) is 12.9. The number of carbonyl (C=O) groups excluding carboxylic acids is 2. The minimum absolute atomic E-state index is 0.230. The van der Waals surface area contributed by atoms with Crippen molar-refractivity contribution in [3.63, 3.8) is 0 Å². The molecule has 2 aromatic rings. The quantitative estimate of drug-likeness (QED) is 0.628. The van der Waals surface area contributed by atoms with Crippen LogP contribution in [0.1, 0.15) is 28.9 Å². The van der Waals surface area contributed by atoms with Crippen LogP contribution in [-0.2, 0) is 9.53 Å². The van der Waals surface area contributed by atoms with Gasteiger partial charge in [0.15, 0.2) is 6.10 Å². The number of anilines is 1. The highest BCUT2D eigenvalue weighted by molar-refractivity contribution is 6.01. The number of Topliss-reactive ketones (excluding diaryl/α,β-unsaturated/α-hetero) is 1. The molecular weight excluding hydrogens is 278 g/mol. The lowest BCUT2D eigenvalue weighted by Crippen LogP contribution is -2.19. The maximum Gasteiger partial charge on any atom is 0.303 e. The largest absolute Gasteiger partial charge is 0.449 e. The van der Waals surface area contributed by atoms with Crippen LogP contribution >= 0.6 is 0 Å². The monoisotopic (exact) mass is 297 g/mol. The maximum absolute atomic E-state index is 12.7.